The van der Waals surface area contributed by atoms with Crippen molar-refractivity contribution in [3.63, 3.8) is 0 Å². The average Bonchev–Trinajstić information content (AvgIpc) is 3.35. The van der Waals surface area contributed by atoms with E-state index in [0.29, 0.717) is 30.1 Å². The van der Waals surface area contributed by atoms with Gasteiger partial charge in [0.25, 0.3) is 0 Å². The van der Waals surface area contributed by atoms with Crippen LogP contribution in [0.25, 0.3) is 0 Å². The summed E-state index contributed by atoms with van der Waals surface area (Å²) in [7, 11) is 0. The Balaban J connectivity index is 1.89. The molecule has 2 aliphatic rings. The van der Waals surface area contributed by atoms with Gasteiger partial charge in [-0.25, -0.2) is 4.79 Å². The van der Waals surface area contributed by atoms with Crippen LogP contribution in [0, 0.1) is 12.8 Å². The molecule has 1 aromatic rings. The number of carbonyl (C=O) groups excluding carboxylic acids is 1. The number of esters is 1. The van der Waals surface area contributed by atoms with Gasteiger partial charge in [0.15, 0.2) is 0 Å². The first-order valence-electron chi connectivity index (χ1n) is 7.69. The molecule has 116 valence electrons. The van der Waals surface area contributed by atoms with E-state index >= 15 is 0 Å². The van der Waals surface area contributed by atoms with E-state index in [1.807, 2.05) is 18.5 Å². The highest BCUT2D eigenvalue weighted by Crippen LogP contribution is 2.43. The minimum absolute atomic E-state index is 0.148. The normalized spacial score (nSPS) is 21.1. The molecular weight excluding hydrogens is 290 g/mol. The monoisotopic (exact) mass is 311 g/mol. The smallest absolute Gasteiger partial charge is 0.328 e. The molecule has 5 nitrogen and oxygen atoms in total. The van der Waals surface area contributed by atoms with Gasteiger partial charge in [-0.2, -0.15) is 5.10 Å². The van der Waals surface area contributed by atoms with E-state index in [9.17, 15) is 4.79 Å². The molecule has 2 aliphatic carbocycles. The second-order valence-corrected chi connectivity index (χ2v) is 6.53. The highest BCUT2D eigenvalue weighted by Gasteiger charge is 2.54. The molecule has 6 heteroatoms. The van der Waals surface area contributed by atoms with E-state index in [1.165, 1.54) is 0 Å². The van der Waals surface area contributed by atoms with Crippen molar-refractivity contribution in [1.29, 1.82) is 0 Å². The minimum atomic E-state index is -0.655. The van der Waals surface area contributed by atoms with Crippen LogP contribution in [-0.2, 0) is 16.1 Å². The summed E-state index contributed by atoms with van der Waals surface area (Å²) in [6, 6.07) is 0.432. The average molecular weight is 312 g/mol. The van der Waals surface area contributed by atoms with E-state index in [1.54, 1.807) is 6.20 Å². The van der Waals surface area contributed by atoms with Crippen molar-refractivity contribution in [2.24, 2.45) is 5.92 Å². The molecule has 1 atom stereocenters. The molecule has 1 heterocycles. The number of hydrogen-bond donors (Lipinski definition) is 1. The Morgan fingerprint density at radius 3 is 2.71 bits per heavy atom. The number of nitrogens with zero attached hydrogens (tertiary/aromatic N) is 2. The van der Waals surface area contributed by atoms with Crippen LogP contribution < -0.4 is 5.32 Å². The molecule has 0 bridgehead atoms. The van der Waals surface area contributed by atoms with Crippen molar-refractivity contribution >= 4 is 17.6 Å². The predicted molar refractivity (Wildman–Crippen MR) is 80.2 cm³/mol. The van der Waals surface area contributed by atoms with Crippen LogP contribution in [0.3, 0.4) is 0 Å². The molecule has 0 radical (unpaired) electrons. The van der Waals surface area contributed by atoms with Crippen LogP contribution in [0.15, 0.2) is 6.20 Å². The number of ether oxygens (including phenoxy) is 1. The van der Waals surface area contributed by atoms with Gasteiger partial charge in [0.05, 0.1) is 30.1 Å². The first-order valence-corrected chi connectivity index (χ1v) is 8.07. The molecule has 1 N–H and O–H groups in total. The summed E-state index contributed by atoms with van der Waals surface area (Å²) in [4.78, 5) is 12.7. The lowest BCUT2D eigenvalue weighted by atomic mass is 9.92. The fourth-order valence-corrected chi connectivity index (χ4v) is 2.97. The SMILES string of the molecule is CCOC(=O)C(Cn1ncc(Cl)c1C)(NC1CC1)C1CC1. The van der Waals surface area contributed by atoms with Gasteiger partial charge < -0.3 is 4.74 Å². The van der Waals surface area contributed by atoms with Gasteiger partial charge in [0, 0.05) is 6.04 Å². The lowest BCUT2D eigenvalue weighted by Crippen LogP contribution is -2.58. The fourth-order valence-electron chi connectivity index (χ4n) is 2.83. The number of hydrogen-bond acceptors (Lipinski definition) is 4. The van der Waals surface area contributed by atoms with Crippen LogP contribution in [0.4, 0.5) is 0 Å². The molecular formula is C15H22ClN3O2. The highest BCUT2D eigenvalue weighted by atomic mass is 35.5. The van der Waals surface area contributed by atoms with Gasteiger partial charge in [0.1, 0.15) is 5.54 Å². The van der Waals surface area contributed by atoms with Crippen LogP contribution >= 0.6 is 11.6 Å². The molecule has 0 saturated heterocycles. The van der Waals surface area contributed by atoms with Gasteiger partial charge in [-0.15, -0.1) is 0 Å². The first-order chi connectivity index (χ1) is 10.1. The molecule has 3 rings (SSSR count). The molecule has 0 aromatic carbocycles. The minimum Gasteiger partial charge on any atom is -0.465 e. The summed E-state index contributed by atoms with van der Waals surface area (Å²) in [6.45, 7) is 4.67. The van der Waals surface area contributed by atoms with Gasteiger partial charge in [-0.1, -0.05) is 11.6 Å². The third kappa shape index (κ3) is 2.94. The second kappa shape index (κ2) is 5.61. The van der Waals surface area contributed by atoms with Crippen molar-refractivity contribution in [1.82, 2.24) is 15.1 Å². The molecule has 0 spiro atoms. The summed E-state index contributed by atoms with van der Waals surface area (Å²) < 4.78 is 7.21. The Bertz CT molecular complexity index is 537. The standard InChI is InChI=1S/C15H22ClN3O2/c1-3-21-14(20)15(11-4-5-11,18-12-6-7-12)9-19-10(2)13(16)8-17-19/h8,11-12,18H,3-7,9H2,1-2H3. The van der Waals surface area contributed by atoms with E-state index in [2.05, 4.69) is 10.4 Å². The number of aromatic nitrogens is 2. The van der Waals surface area contributed by atoms with Gasteiger partial charge in [0.2, 0.25) is 0 Å². The van der Waals surface area contributed by atoms with Crippen molar-refractivity contribution in [2.45, 2.75) is 57.7 Å². The Labute approximate surface area is 130 Å². The Morgan fingerprint density at radius 2 is 2.24 bits per heavy atom. The summed E-state index contributed by atoms with van der Waals surface area (Å²) in [5, 5.41) is 8.51. The van der Waals surface area contributed by atoms with Crippen molar-refractivity contribution in [2.75, 3.05) is 6.61 Å². The third-order valence-electron chi connectivity index (χ3n) is 4.40. The topological polar surface area (TPSA) is 56.2 Å². The maximum atomic E-state index is 12.7. The van der Waals surface area contributed by atoms with Crippen molar-refractivity contribution < 1.29 is 9.53 Å². The lowest BCUT2D eigenvalue weighted by Gasteiger charge is -2.33. The Hall–Kier alpha value is -1.07. The number of nitrogens with one attached hydrogen (secondary N) is 1. The summed E-state index contributed by atoms with van der Waals surface area (Å²) in [5.41, 5.74) is 0.237. The number of rotatable bonds is 7. The quantitative estimate of drug-likeness (QED) is 0.785. The zero-order valence-corrected chi connectivity index (χ0v) is 13.3. The zero-order chi connectivity index (χ0) is 15.0. The van der Waals surface area contributed by atoms with E-state index in [0.717, 1.165) is 31.4 Å². The Kier molecular flexibility index (Phi) is 3.97. The highest BCUT2D eigenvalue weighted by molar-refractivity contribution is 6.31. The predicted octanol–water partition coefficient (Wildman–Crippen LogP) is 2.31. The molecule has 0 aliphatic heterocycles. The van der Waals surface area contributed by atoms with Crippen LogP contribution in [-0.4, -0.2) is 33.9 Å². The van der Waals surface area contributed by atoms with Gasteiger partial charge in [-0.05, 0) is 45.4 Å². The maximum absolute atomic E-state index is 12.7. The Morgan fingerprint density at radius 1 is 1.52 bits per heavy atom. The molecule has 2 fully saturated rings. The fraction of sp³-hybridized carbons (Fsp3) is 0.733. The molecule has 2 saturated carbocycles. The van der Waals surface area contributed by atoms with Crippen molar-refractivity contribution in [3.05, 3.63) is 16.9 Å². The molecule has 21 heavy (non-hydrogen) atoms. The lowest BCUT2D eigenvalue weighted by molar-refractivity contribution is -0.153. The van der Waals surface area contributed by atoms with Crippen molar-refractivity contribution in [3.8, 4) is 0 Å². The summed E-state index contributed by atoms with van der Waals surface area (Å²) in [5.74, 6) is 0.185. The second-order valence-electron chi connectivity index (χ2n) is 6.12. The van der Waals surface area contributed by atoms with Gasteiger partial charge >= 0.3 is 5.97 Å². The van der Waals surface area contributed by atoms with Crippen LogP contribution in [0.2, 0.25) is 5.02 Å². The molecule has 1 aromatic heterocycles. The molecule has 0 amide bonds. The van der Waals surface area contributed by atoms with E-state index in [4.69, 9.17) is 16.3 Å². The number of carbonyl (C=O) groups is 1. The van der Waals surface area contributed by atoms with Crippen LogP contribution in [0.1, 0.15) is 38.3 Å². The first kappa shape index (κ1) is 14.9. The maximum Gasteiger partial charge on any atom is 0.328 e. The third-order valence-corrected chi connectivity index (χ3v) is 4.77. The van der Waals surface area contributed by atoms with Crippen LogP contribution in [0.5, 0.6) is 0 Å². The summed E-state index contributed by atoms with van der Waals surface area (Å²) in [6.07, 6.45) is 6.02. The van der Waals surface area contributed by atoms with E-state index in [-0.39, 0.29) is 5.97 Å². The number of halogens is 1. The zero-order valence-electron chi connectivity index (χ0n) is 12.6. The largest absolute Gasteiger partial charge is 0.465 e. The summed E-state index contributed by atoms with van der Waals surface area (Å²) >= 11 is 6.09. The molecule has 1 unspecified atom stereocenters. The van der Waals surface area contributed by atoms with Gasteiger partial charge in [-0.3, -0.25) is 10.00 Å². The van der Waals surface area contributed by atoms with E-state index < -0.39 is 5.54 Å².